The molecular weight excluding hydrogens is 364 g/mol. The van der Waals surface area contributed by atoms with E-state index in [0.29, 0.717) is 11.4 Å². The minimum absolute atomic E-state index is 0.288. The van der Waals surface area contributed by atoms with Crippen molar-refractivity contribution in [2.24, 2.45) is 0 Å². The monoisotopic (exact) mass is 390 g/mol. The van der Waals surface area contributed by atoms with Crippen LogP contribution in [0, 0.1) is 13.8 Å². The Hall–Kier alpha value is -2.54. The fourth-order valence-corrected chi connectivity index (χ4v) is 4.05. The van der Waals surface area contributed by atoms with Crippen molar-refractivity contribution >= 4 is 21.6 Å². The van der Waals surface area contributed by atoms with E-state index < -0.39 is 10.0 Å². The van der Waals surface area contributed by atoms with Gasteiger partial charge in [-0.1, -0.05) is 36.4 Å². The van der Waals surface area contributed by atoms with Crippen molar-refractivity contribution in [3.8, 4) is 5.75 Å². The van der Waals surface area contributed by atoms with Crippen molar-refractivity contribution in [3.05, 3.63) is 59.2 Å². The van der Waals surface area contributed by atoms with Crippen LogP contribution in [0.2, 0.25) is 0 Å². The smallest absolute Gasteiger partial charge is 0.241 e. The highest BCUT2D eigenvalue weighted by atomic mass is 32.2. The predicted octanol–water partition coefficient (Wildman–Crippen LogP) is 2.96. The molecule has 27 heavy (non-hydrogen) atoms. The number of amides is 1. The molecule has 1 atom stereocenters. The molecule has 0 heterocycles. The molecule has 0 bridgehead atoms. The van der Waals surface area contributed by atoms with Gasteiger partial charge in [-0.3, -0.25) is 9.10 Å². The van der Waals surface area contributed by atoms with Crippen molar-refractivity contribution in [1.29, 1.82) is 0 Å². The number of nitrogens with zero attached hydrogens (tertiary/aromatic N) is 1. The van der Waals surface area contributed by atoms with Gasteiger partial charge in [-0.05, 0) is 38.0 Å². The summed E-state index contributed by atoms with van der Waals surface area (Å²) >= 11 is 0. The van der Waals surface area contributed by atoms with Crippen LogP contribution in [0.1, 0.15) is 29.7 Å². The van der Waals surface area contributed by atoms with E-state index in [1.54, 1.807) is 7.11 Å². The predicted molar refractivity (Wildman–Crippen MR) is 108 cm³/mol. The SMILES string of the molecule is COc1ccccc1[C@@H](C)NC(=O)CN(c1c(C)cccc1C)S(C)(=O)=O. The van der Waals surface area contributed by atoms with Gasteiger partial charge in [0.2, 0.25) is 15.9 Å². The number of hydrogen-bond acceptors (Lipinski definition) is 4. The molecule has 2 aromatic carbocycles. The highest BCUT2D eigenvalue weighted by molar-refractivity contribution is 7.92. The summed E-state index contributed by atoms with van der Waals surface area (Å²) in [5, 5.41) is 2.86. The molecule has 146 valence electrons. The first-order valence-corrected chi connectivity index (χ1v) is 10.5. The Labute approximate surface area is 161 Å². The van der Waals surface area contributed by atoms with Gasteiger partial charge in [0.15, 0.2) is 0 Å². The van der Waals surface area contributed by atoms with Crippen molar-refractivity contribution < 1.29 is 17.9 Å². The van der Waals surface area contributed by atoms with Crippen molar-refractivity contribution in [2.75, 3.05) is 24.2 Å². The second-order valence-corrected chi connectivity index (χ2v) is 8.45. The minimum Gasteiger partial charge on any atom is -0.496 e. The Bertz CT molecular complexity index is 905. The van der Waals surface area contributed by atoms with Gasteiger partial charge < -0.3 is 10.1 Å². The summed E-state index contributed by atoms with van der Waals surface area (Å²) in [6, 6.07) is 12.6. The number of benzene rings is 2. The molecule has 2 rings (SSSR count). The molecule has 0 fully saturated rings. The van der Waals surface area contributed by atoms with Gasteiger partial charge in [0.1, 0.15) is 12.3 Å². The molecule has 1 amide bonds. The second kappa shape index (κ2) is 8.43. The maximum atomic E-state index is 12.6. The van der Waals surface area contributed by atoms with Gasteiger partial charge in [-0.2, -0.15) is 0 Å². The first-order chi connectivity index (χ1) is 12.6. The van der Waals surface area contributed by atoms with E-state index >= 15 is 0 Å². The average Bonchev–Trinajstić information content (AvgIpc) is 2.59. The maximum absolute atomic E-state index is 12.6. The van der Waals surface area contributed by atoms with Crippen LogP contribution >= 0.6 is 0 Å². The number of carbonyl (C=O) groups excluding carboxylic acids is 1. The van der Waals surface area contributed by atoms with Gasteiger partial charge in [-0.25, -0.2) is 8.42 Å². The summed E-state index contributed by atoms with van der Waals surface area (Å²) < 4.78 is 31.2. The molecule has 0 aliphatic rings. The number of rotatable bonds is 7. The van der Waals surface area contributed by atoms with Gasteiger partial charge in [0, 0.05) is 5.56 Å². The highest BCUT2D eigenvalue weighted by Gasteiger charge is 2.25. The van der Waals surface area contributed by atoms with E-state index in [9.17, 15) is 13.2 Å². The first kappa shape index (κ1) is 20.8. The summed E-state index contributed by atoms with van der Waals surface area (Å²) in [5.74, 6) is 0.279. The Morgan fingerprint density at radius 1 is 1.11 bits per heavy atom. The lowest BCUT2D eigenvalue weighted by atomic mass is 10.1. The highest BCUT2D eigenvalue weighted by Crippen LogP contribution is 2.27. The number of para-hydroxylation sites is 2. The molecular formula is C20H26N2O4S. The van der Waals surface area contributed by atoms with Crippen LogP contribution in [0.3, 0.4) is 0 Å². The van der Waals surface area contributed by atoms with E-state index in [-0.39, 0.29) is 18.5 Å². The molecule has 1 N–H and O–H groups in total. The number of nitrogens with one attached hydrogen (secondary N) is 1. The topological polar surface area (TPSA) is 75.7 Å². The number of sulfonamides is 1. The third-order valence-corrected chi connectivity index (χ3v) is 5.47. The number of hydrogen-bond donors (Lipinski definition) is 1. The molecule has 6 nitrogen and oxygen atoms in total. The summed E-state index contributed by atoms with van der Waals surface area (Å²) in [5.41, 5.74) is 2.96. The zero-order valence-electron chi connectivity index (χ0n) is 16.3. The normalized spacial score (nSPS) is 12.3. The van der Waals surface area contributed by atoms with Gasteiger partial charge in [-0.15, -0.1) is 0 Å². The lowest BCUT2D eigenvalue weighted by molar-refractivity contribution is -0.120. The number of carbonyl (C=O) groups is 1. The molecule has 2 aromatic rings. The third kappa shape index (κ3) is 5.01. The largest absolute Gasteiger partial charge is 0.496 e. The maximum Gasteiger partial charge on any atom is 0.241 e. The Kier molecular flexibility index (Phi) is 6.49. The van der Waals surface area contributed by atoms with Gasteiger partial charge in [0.05, 0.1) is 25.1 Å². The second-order valence-electron chi connectivity index (χ2n) is 6.54. The molecule has 0 spiro atoms. The first-order valence-electron chi connectivity index (χ1n) is 8.61. The summed E-state index contributed by atoms with van der Waals surface area (Å²) in [6.07, 6.45) is 1.11. The third-order valence-electron chi connectivity index (χ3n) is 4.36. The molecule has 0 radical (unpaired) electrons. The molecule has 0 unspecified atom stereocenters. The molecule has 0 saturated heterocycles. The van der Waals surface area contributed by atoms with E-state index in [0.717, 1.165) is 27.3 Å². The Balaban J connectivity index is 2.25. The molecule has 0 aliphatic carbocycles. The molecule has 0 aromatic heterocycles. The van der Waals surface area contributed by atoms with Crippen LogP contribution in [0.15, 0.2) is 42.5 Å². The van der Waals surface area contributed by atoms with Crippen LogP contribution in [0.5, 0.6) is 5.75 Å². The lowest BCUT2D eigenvalue weighted by Gasteiger charge is -2.26. The molecule has 7 heteroatoms. The quantitative estimate of drug-likeness (QED) is 0.789. The zero-order valence-corrected chi connectivity index (χ0v) is 17.1. The standard InChI is InChI=1S/C20H26N2O4S/c1-14-9-8-10-15(2)20(14)22(27(5,24)25)13-19(23)21-16(3)17-11-6-7-12-18(17)26-4/h6-12,16H,13H2,1-5H3,(H,21,23)/t16-/m1/s1. The van der Waals surface area contributed by atoms with Gasteiger partial charge >= 0.3 is 0 Å². The van der Waals surface area contributed by atoms with Crippen LogP contribution in [-0.2, 0) is 14.8 Å². The fraction of sp³-hybridized carbons (Fsp3) is 0.350. The van der Waals surface area contributed by atoms with E-state index in [2.05, 4.69) is 5.32 Å². The number of ether oxygens (including phenoxy) is 1. The Morgan fingerprint density at radius 2 is 1.70 bits per heavy atom. The van der Waals surface area contributed by atoms with E-state index in [4.69, 9.17) is 4.74 Å². The van der Waals surface area contributed by atoms with Crippen LogP contribution in [-0.4, -0.2) is 34.2 Å². The van der Waals surface area contributed by atoms with E-state index in [1.807, 2.05) is 63.2 Å². The lowest BCUT2D eigenvalue weighted by Crippen LogP contribution is -2.41. The summed E-state index contributed by atoms with van der Waals surface area (Å²) in [7, 11) is -2.05. The van der Waals surface area contributed by atoms with Crippen LogP contribution < -0.4 is 14.4 Å². The fourth-order valence-electron chi connectivity index (χ4n) is 3.08. The van der Waals surface area contributed by atoms with E-state index in [1.165, 1.54) is 0 Å². The Morgan fingerprint density at radius 3 is 2.26 bits per heavy atom. The van der Waals surface area contributed by atoms with Crippen molar-refractivity contribution in [2.45, 2.75) is 26.8 Å². The van der Waals surface area contributed by atoms with Crippen molar-refractivity contribution in [3.63, 3.8) is 0 Å². The minimum atomic E-state index is -3.62. The average molecular weight is 391 g/mol. The zero-order chi connectivity index (χ0) is 20.2. The number of aryl methyl sites for hydroxylation is 2. The van der Waals surface area contributed by atoms with Crippen molar-refractivity contribution in [1.82, 2.24) is 5.32 Å². The van der Waals surface area contributed by atoms with Crippen LogP contribution in [0.4, 0.5) is 5.69 Å². The summed E-state index contributed by atoms with van der Waals surface area (Å²) in [4.78, 5) is 12.6. The molecule has 0 aliphatic heterocycles. The number of anilines is 1. The summed E-state index contributed by atoms with van der Waals surface area (Å²) in [6.45, 7) is 5.20. The van der Waals surface area contributed by atoms with Gasteiger partial charge in [0.25, 0.3) is 0 Å². The molecule has 0 saturated carbocycles. The van der Waals surface area contributed by atoms with Crippen LogP contribution in [0.25, 0.3) is 0 Å². The number of methoxy groups -OCH3 is 1.